The van der Waals surface area contributed by atoms with Crippen LogP contribution in [0, 0.1) is 0 Å². The Hall–Kier alpha value is -2.62. The van der Waals surface area contributed by atoms with E-state index in [1.54, 1.807) is 13.0 Å². The van der Waals surface area contributed by atoms with E-state index < -0.39 is 5.97 Å². The lowest BCUT2D eigenvalue weighted by Crippen LogP contribution is -2.11. The number of fused-ring (bicyclic) bond motifs is 1. The van der Waals surface area contributed by atoms with Gasteiger partial charge in [0, 0.05) is 18.3 Å². The van der Waals surface area contributed by atoms with Crippen LogP contribution in [0.15, 0.2) is 60.5 Å². The van der Waals surface area contributed by atoms with E-state index in [1.807, 2.05) is 18.2 Å². The molecule has 0 radical (unpaired) electrons. The van der Waals surface area contributed by atoms with Crippen LogP contribution in [0.5, 0.6) is 0 Å². The highest BCUT2D eigenvalue weighted by atomic mass is 19.1. The Balaban J connectivity index is 2.35. The van der Waals surface area contributed by atoms with Crippen molar-refractivity contribution in [1.29, 1.82) is 0 Å². The number of aryl methyl sites for hydroxylation is 1. The maximum atomic E-state index is 14.6. The summed E-state index contributed by atoms with van der Waals surface area (Å²) < 4.78 is 14.6. The van der Waals surface area contributed by atoms with E-state index in [1.165, 1.54) is 17.7 Å². The summed E-state index contributed by atoms with van der Waals surface area (Å²) in [4.78, 5) is 10.6. The first-order valence-electron chi connectivity index (χ1n) is 7.97. The van der Waals surface area contributed by atoms with Crippen LogP contribution in [0.2, 0.25) is 0 Å². The van der Waals surface area contributed by atoms with Gasteiger partial charge in [0.2, 0.25) is 0 Å². The van der Waals surface area contributed by atoms with Crippen molar-refractivity contribution in [1.82, 2.24) is 0 Å². The largest absolute Gasteiger partial charge is 0.478 e. The summed E-state index contributed by atoms with van der Waals surface area (Å²) in [5, 5.41) is 12.0. The number of benzene rings is 1. The molecule has 0 fully saturated rings. The van der Waals surface area contributed by atoms with Gasteiger partial charge in [0.15, 0.2) is 0 Å². The van der Waals surface area contributed by atoms with Crippen molar-refractivity contribution in [2.45, 2.75) is 26.2 Å². The molecule has 0 aromatic heterocycles. The van der Waals surface area contributed by atoms with Gasteiger partial charge in [-0.05, 0) is 66.7 Å². The standard InChI is InChI=1S/C20H22FNO2/c1-3-5-17(18(21)9-7-14(2)12-20(23)24)15-8-10-19-16(13-15)6-4-11-22-19/h3,7-10,12-13,22H,1,4-6,11H2,2H3,(H,23,24)/b9-7+,14-12+,18-17+. The minimum Gasteiger partial charge on any atom is -0.478 e. The Morgan fingerprint density at radius 2 is 2.21 bits per heavy atom. The Morgan fingerprint density at radius 3 is 2.92 bits per heavy atom. The average Bonchev–Trinajstić information content (AvgIpc) is 2.56. The molecule has 0 saturated heterocycles. The number of rotatable bonds is 6. The zero-order valence-electron chi connectivity index (χ0n) is 13.8. The molecular formula is C20H22FNO2. The molecule has 3 nitrogen and oxygen atoms in total. The molecule has 1 aliphatic rings. The van der Waals surface area contributed by atoms with E-state index in [4.69, 9.17) is 5.11 Å². The number of carboxylic acids is 1. The number of allylic oxidation sites excluding steroid dienone is 6. The third-order valence-electron chi connectivity index (χ3n) is 3.87. The zero-order chi connectivity index (χ0) is 17.5. The van der Waals surface area contributed by atoms with Crippen LogP contribution in [-0.2, 0) is 11.2 Å². The normalized spacial score (nSPS) is 15.5. The molecule has 4 heteroatoms. The zero-order valence-corrected chi connectivity index (χ0v) is 13.8. The summed E-state index contributed by atoms with van der Waals surface area (Å²) in [5.74, 6) is -1.42. The third-order valence-corrected chi connectivity index (χ3v) is 3.87. The van der Waals surface area contributed by atoms with Gasteiger partial charge in [-0.25, -0.2) is 9.18 Å². The number of anilines is 1. The second kappa shape index (κ2) is 8.29. The van der Waals surface area contributed by atoms with Crippen LogP contribution < -0.4 is 5.32 Å². The Morgan fingerprint density at radius 1 is 1.42 bits per heavy atom. The molecule has 24 heavy (non-hydrogen) atoms. The Bertz CT molecular complexity index is 729. The lowest BCUT2D eigenvalue weighted by molar-refractivity contribution is -0.131. The highest BCUT2D eigenvalue weighted by Crippen LogP contribution is 2.30. The first kappa shape index (κ1) is 17.7. The van der Waals surface area contributed by atoms with E-state index in [0.717, 1.165) is 36.7 Å². The molecule has 0 saturated carbocycles. The lowest BCUT2D eigenvalue weighted by Gasteiger charge is -2.19. The van der Waals surface area contributed by atoms with E-state index >= 15 is 0 Å². The van der Waals surface area contributed by atoms with Gasteiger partial charge in [-0.15, -0.1) is 6.58 Å². The fourth-order valence-corrected chi connectivity index (χ4v) is 2.71. The Kier molecular flexibility index (Phi) is 6.13. The summed E-state index contributed by atoms with van der Waals surface area (Å²) in [6, 6.07) is 5.91. The number of nitrogens with one attached hydrogen (secondary N) is 1. The van der Waals surface area contributed by atoms with Gasteiger partial charge in [0.05, 0.1) is 0 Å². The first-order chi connectivity index (χ1) is 11.5. The van der Waals surface area contributed by atoms with Gasteiger partial charge in [0.25, 0.3) is 0 Å². The summed E-state index contributed by atoms with van der Waals surface area (Å²) >= 11 is 0. The van der Waals surface area contributed by atoms with Gasteiger partial charge >= 0.3 is 5.97 Å². The molecule has 0 spiro atoms. The van der Waals surface area contributed by atoms with Crippen LogP contribution in [0.1, 0.15) is 30.9 Å². The van der Waals surface area contributed by atoms with Gasteiger partial charge in [0.1, 0.15) is 5.83 Å². The topological polar surface area (TPSA) is 49.3 Å². The van der Waals surface area contributed by atoms with Crippen LogP contribution in [0.25, 0.3) is 5.57 Å². The van der Waals surface area contributed by atoms with Crippen molar-refractivity contribution in [3.05, 3.63) is 71.6 Å². The monoisotopic (exact) mass is 327 g/mol. The van der Waals surface area contributed by atoms with E-state index in [0.29, 0.717) is 17.6 Å². The molecule has 0 aliphatic carbocycles. The number of hydrogen-bond acceptors (Lipinski definition) is 2. The quantitative estimate of drug-likeness (QED) is 0.444. The van der Waals surface area contributed by atoms with Crippen molar-refractivity contribution in [2.75, 3.05) is 11.9 Å². The van der Waals surface area contributed by atoms with Crippen LogP contribution in [0.3, 0.4) is 0 Å². The summed E-state index contributed by atoms with van der Waals surface area (Å²) in [5.41, 5.74) is 4.17. The van der Waals surface area contributed by atoms with Crippen LogP contribution in [-0.4, -0.2) is 17.6 Å². The maximum absolute atomic E-state index is 14.6. The van der Waals surface area contributed by atoms with Crippen molar-refractivity contribution >= 4 is 17.2 Å². The molecule has 2 rings (SSSR count). The first-order valence-corrected chi connectivity index (χ1v) is 7.97. The van der Waals surface area contributed by atoms with Gasteiger partial charge in [-0.1, -0.05) is 18.2 Å². The number of carboxylic acid groups (broad SMARTS) is 1. The van der Waals surface area contributed by atoms with E-state index in [-0.39, 0.29) is 5.83 Å². The number of hydrogen-bond donors (Lipinski definition) is 2. The molecule has 0 amide bonds. The molecule has 1 aromatic rings. The molecule has 2 N–H and O–H groups in total. The van der Waals surface area contributed by atoms with Crippen molar-refractivity contribution < 1.29 is 14.3 Å². The summed E-state index contributed by atoms with van der Waals surface area (Å²) in [6.07, 6.45) is 7.94. The van der Waals surface area contributed by atoms with E-state index in [9.17, 15) is 9.18 Å². The number of halogens is 1. The van der Waals surface area contributed by atoms with Gasteiger partial charge in [-0.2, -0.15) is 0 Å². The minimum atomic E-state index is -1.05. The van der Waals surface area contributed by atoms with Crippen LogP contribution in [0.4, 0.5) is 10.1 Å². The smallest absolute Gasteiger partial charge is 0.328 e. The van der Waals surface area contributed by atoms with Gasteiger partial charge < -0.3 is 10.4 Å². The molecule has 0 unspecified atom stereocenters. The fraction of sp³-hybridized carbons (Fsp3) is 0.250. The SMILES string of the molecule is C=CC/C(=C(F)/C=C/C(C)=C/C(=O)O)c1ccc2c(c1)CCCN2. The highest BCUT2D eigenvalue weighted by Gasteiger charge is 2.12. The molecule has 0 atom stereocenters. The maximum Gasteiger partial charge on any atom is 0.328 e. The molecule has 1 heterocycles. The highest BCUT2D eigenvalue weighted by molar-refractivity contribution is 5.81. The lowest BCUT2D eigenvalue weighted by atomic mass is 9.95. The second-order valence-corrected chi connectivity index (χ2v) is 5.78. The van der Waals surface area contributed by atoms with Crippen LogP contribution >= 0.6 is 0 Å². The van der Waals surface area contributed by atoms with Gasteiger partial charge in [-0.3, -0.25) is 0 Å². The molecule has 126 valence electrons. The fourth-order valence-electron chi connectivity index (χ4n) is 2.71. The van der Waals surface area contributed by atoms with Crippen molar-refractivity contribution in [3.63, 3.8) is 0 Å². The summed E-state index contributed by atoms with van der Waals surface area (Å²) in [6.45, 7) is 6.29. The third kappa shape index (κ3) is 4.69. The average molecular weight is 327 g/mol. The van der Waals surface area contributed by atoms with E-state index in [2.05, 4.69) is 11.9 Å². The molecule has 1 aromatic carbocycles. The number of aliphatic carboxylic acids is 1. The number of carbonyl (C=O) groups is 1. The predicted molar refractivity (Wildman–Crippen MR) is 96.6 cm³/mol. The van der Waals surface area contributed by atoms with Crippen molar-refractivity contribution in [3.8, 4) is 0 Å². The molecule has 1 aliphatic heterocycles. The molecular weight excluding hydrogens is 305 g/mol. The summed E-state index contributed by atoms with van der Waals surface area (Å²) in [7, 11) is 0. The second-order valence-electron chi connectivity index (χ2n) is 5.78. The predicted octanol–water partition coefficient (Wildman–Crippen LogP) is 4.89. The molecule has 0 bridgehead atoms. The van der Waals surface area contributed by atoms with Crippen molar-refractivity contribution in [2.24, 2.45) is 0 Å². The Labute approximate surface area is 141 Å². The minimum absolute atomic E-state index is 0.378.